The number of carbonyl (C=O) groups excluding carboxylic acids is 3. The number of carboxylic acid groups (broad SMARTS) is 1. The van der Waals surface area contributed by atoms with E-state index in [1.54, 1.807) is 29.0 Å². The maximum Gasteiger partial charge on any atom is 0.253 e. The lowest BCUT2D eigenvalue weighted by atomic mass is 10.1. The van der Waals surface area contributed by atoms with Gasteiger partial charge in [-0.2, -0.15) is 0 Å². The van der Waals surface area contributed by atoms with Gasteiger partial charge < -0.3 is 30.3 Å². The Kier molecular flexibility index (Phi) is 8.56. The first kappa shape index (κ1) is 25.7. The third kappa shape index (κ3) is 6.61. The Bertz CT molecular complexity index is 1070. The molecule has 2 aromatic carbocycles. The number of carboxylic acids is 1. The van der Waals surface area contributed by atoms with E-state index < -0.39 is 18.4 Å². The Morgan fingerprint density at radius 3 is 2.56 bits per heavy atom. The number of hydrogen-bond acceptors (Lipinski definition) is 7. The van der Waals surface area contributed by atoms with Crippen molar-refractivity contribution in [2.24, 2.45) is 0 Å². The van der Waals surface area contributed by atoms with Crippen LogP contribution in [0.1, 0.15) is 27.9 Å². The molecule has 9 nitrogen and oxygen atoms in total. The zero-order chi connectivity index (χ0) is 25.5. The first-order valence-electron chi connectivity index (χ1n) is 12.5. The molecule has 0 bridgehead atoms. The van der Waals surface area contributed by atoms with Gasteiger partial charge in [-0.05, 0) is 29.7 Å². The van der Waals surface area contributed by atoms with Gasteiger partial charge in [0.25, 0.3) is 5.91 Å². The lowest BCUT2D eigenvalue weighted by Gasteiger charge is -2.29. The monoisotopic (exact) mass is 492 g/mol. The summed E-state index contributed by atoms with van der Waals surface area (Å²) in [4.78, 5) is 43.5. The van der Waals surface area contributed by atoms with E-state index in [4.69, 9.17) is 0 Å². The molecule has 2 amide bonds. The van der Waals surface area contributed by atoms with Gasteiger partial charge in [-0.15, -0.1) is 0 Å². The molecule has 0 spiro atoms. The van der Waals surface area contributed by atoms with E-state index in [2.05, 4.69) is 15.5 Å². The van der Waals surface area contributed by atoms with Gasteiger partial charge in [-0.1, -0.05) is 36.4 Å². The smallest absolute Gasteiger partial charge is 0.253 e. The average molecular weight is 493 g/mol. The standard InChI is InChI=1S/C27H35N5O4/c1-30(15-16-31-13-10-28-11-14-31)26(35)21-7-8-22-19-32(12-9-20-5-3-2-4-6-20)27(36)24(18-25(33)34)29-23(22)17-21/h2-8,17,24,28-29H,9-16,18-19H2,1H3,(H,33,34)/p-1. The van der Waals surface area contributed by atoms with E-state index in [0.717, 1.165) is 43.9 Å². The molecular weight excluding hydrogens is 458 g/mol. The molecule has 0 aromatic heterocycles. The molecule has 192 valence electrons. The number of piperazine rings is 1. The number of likely N-dealkylation sites (N-methyl/N-ethyl adjacent to an activating group) is 1. The quantitative estimate of drug-likeness (QED) is 0.514. The molecule has 36 heavy (non-hydrogen) atoms. The summed E-state index contributed by atoms with van der Waals surface area (Å²) in [7, 11) is 1.79. The predicted molar refractivity (Wildman–Crippen MR) is 135 cm³/mol. The molecule has 2 aliphatic heterocycles. The van der Waals surface area contributed by atoms with Crippen molar-refractivity contribution in [1.82, 2.24) is 20.0 Å². The first-order chi connectivity index (χ1) is 17.4. The molecule has 2 aromatic rings. The number of carbonyl (C=O) groups is 3. The highest BCUT2D eigenvalue weighted by Crippen LogP contribution is 2.26. The maximum atomic E-state index is 13.2. The van der Waals surface area contributed by atoms with Gasteiger partial charge in [-0.25, -0.2) is 0 Å². The van der Waals surface area contributed by atoms with Crippen molar-refractivity contribution in [1.29, 1.82) is 0 Å². The summed E-state index contributed by atoms with van der Waals surface area (Å²) in [6.45, 7) is 6.09. The van der Waals surface area contributed by atoms with Gasteiger partial charge in [-0.3, -0.25) is 14.5 Å². The number of nitrogens with one attached hydrogen (secondary N) is 2. The van der Waals surface area contributed by atoms with Crippen molar-refractivity contribution in [2.75, 3.05) is 58.2 Å². The number of benzene rings is 2. The number of fused-ring (bicyclic) bond motifs is 1. The summed E-state index contributed by atoms with van der Waals surface area (Å²) in [5.41, 5.74) is 3.06. The number of nitrogens with zero attached hydrogens (tertiary/aromatic N) is 3. The van der Waals surface area contributed by atoms with Crippen LogP contribution >= 0.6 is 0 Å². The third-order valence-electron chi connectivity index (χ3n) is 6.85. The minimum atomic E-state index is -1.30. The van der Waals surface area contributed by atoms with Crippen molar-refractivity contribution in [3.8, 4) is 0 Å². The Morgan fingerprint density at radius 2 is 1.83 bits per heavy atom. The molecule has 0 aliphatic carbocycles. The molecule has 9 heteroatoms. The largest absolute Gasteiger partial charge is 0.550 e. The minimum Gasteiger partial charge on any atom is -0.550 e. The van der Waals surface area contributed by atoms with Crippen molar-refractivity contribution in [2.45, 2.75) is 25.4 Å². The predicted octanol–water partition coefficient (Wildman–Crippen LogP) is 0.169. The molecule has 0 radical (unpaired) electrons. The lowest BCUT2D eigenvalue weighted by molar-refractivity contribution is -0.305. The van der Waals surface area contributed by atoms with Gasteiger partial charge in [0.1, 0.15) is 6.04 Å². The van der Waals surface area contributed by atoms with E-state index in [0.29, 0.717) is 37.3 Å². The molecule has 0 saturated carbocycles. The van der Waals surface area contributed by atoms with Gasteiger partial charge in [0.2, 0.25) is 5.91 Å². The molecular formula is C27H34N5O4-. The van der Waals surface area contributed by atoms with Gasteiger partial charge in [0.15, 0.2) is 0 Å². The third-order valence-corrected chi connectivity index (χ3v) is 6.85. The normalized spacial score (nSPS) is 18.2. The van der Waals surface area contributed by atoms with Crippen molar-refractivity contribution < 1.29 is 19.5 Å². The summed E-state index contributed by atoms with van der Waals surface area (Å²) in [6, 6.07) is 14.3. The fourth-order valence-corrected chi connectivity index (χ4v) is 4.69. The fourth-order valence-electron chi connectivity index (χ4n) is 4.69. The van der Waals surface area contributed by atoms with Crippen molar-refractivity contribution in [3.05, 3.63) is 65.2 Å². The number of anilines is 1. The van der Waals surface area contributed by atoms with E-state index in [1.807, 2.05) is 36.4 Å². The fraction of sp³-hybridized carbons (Fsp3) is 0.444. The Balaban J connectivity index is 1.48. The van der Waals surface area contributed by atoms with Crippen molar-refractivity contribution in [3.63, 3.8) is 0 Å². The van der Waals surface area contributed by atoms with Crippen LogP contribution in [0.25, 0.3) is 0 Å². The molecule has 1 atom stereocenters. The lowest BCUT2D eigenvalue weighted by Crippen LogP contribution is -2.46. The van der Waals surface area contributed by atoms with Crippen molar-refractivity contribution >= 4 is 23.5 Å². The number of hydrogen-bond donors (Lipinski definition) is 2. The Labute approximate surface area is 212 Å². The number of aliphatic carboxylic acids is 1. The molecule has 2 N–H and O–H groups in total. The van der Waals surface area contributed by atoms with Crippen LogP contribution in [0.2, 0.25) is 0 Å². The van der Waals surface area contributed by atoms with Crippen LogP contribution in [-0.2, 0) is 22.6 Å². The van der Waals surface area contributed by atoms with Crippen LogP contribution in [0.15, 0.2) is 48.5 Å². The van der Waals surface area contributed by atoms with E-state index in [-0.39, 0.29) is 11.8 Å². The summed E-state index contributed by atoms with van der Waals surface area (Å²) >= 11 is 0. The topological polar surface area (TPSA) is 108 Å². The highest BCUT2D eigenvalue weighted by Gasteiger charge is 2.30. The second kappa shape index (κ2) is 12.0. The Morgan fingerprint density at radius 1 is 1.08 bits per heavy atom. The van der Waals surface area contributed by atoms with Gasteiger partial charge in [0, 0.05) is 83.0 Å². The average Bonchev–Trinajstić information content (AvgIpc) is 3.02. The molecule has 1 fully saturated rings. The van der Waals surface area contributed by atoms with Crippen LogP contribution in [-0.4, -0.2) is 91.4 Å². The van der Waals surface area contributed by atoms with Gasteiger partial charge in [0.05, 0.1) is 0 Å². The molecule has 2 aliphatic rings. The van der Waals surface area contributed by atoms with E-state index in [1.165, 1.54) is 0 Å². The summed E-state index contributed by atoms with van der Waals surface area (Å²) in [6.07, 6.45) is 0.220. The van der Waals surface area contributed by atoms with Crippen LogP contribution in [0, 0.1) is 0 Å². The minimum absolute atomic E-state index is 0.109. The SMILES string of the molecule is CN(CCN1CCNCC1)C(=O)c1ccc2c(c1)NC(CC(=O)[O-])C(=O)N(CCc1ccccc1)C2. The summed E-state index contributed by atoms with van der Waals surface area (Å²) in [5, 5.41) is 17.8. The summed E-state index contributed by atoms with van der Waals surface area (Å²) in [5.74, 6) is -1.69. The highest BCUT2D eigenvalue weighted by molar-refractivity contribution is 5.96. The molecule has 1 saturated heterocycles. The first-order valence-corrected chi connectivity index (χ1v) is 12.5. The molecule has 2 heterocycles. The zero-order valence-electron chi connectivity index (χ0n) is 20.7. The zero-order valence-corrected chi connectivity index (χ0v) is 20.7. The van der Waals surface area contributed by atoms with E-state index >= 15 is 0 Å². The number of amides is 2. The van der Waals surface area contributed by atoms with Gasteiger partial charge >= 0.3 is 0 Å². The Hall–Kier alpha value is -3.43. The summed E-state index contributed by atoms with van der Waals surface area (Å²) < 4.78 is 0. The number of rotatable bonds is 9. The highest BCUT2D eigenvalue weighted by atomic mass is 16.4. The second-order valence-corrected chi connectivity index (χ2v) is 9.46. The maximum absolute atomic E-state index is 13.2. The van der Waals surface area contributed by atoms with Crippen LogP contribution < -0.4 is 15.7 Å². The second-order valence-electron chi connectivity index (χ2n) is 9.46. The molecule has 1 unspecified atom stereocenters. The molecule has 4 rings (SSSR count). The van der Waals surface area contributed by atoms with Crippen LogP contribution in [0.4, 0.5) is 5.69 Å². The van der Waals surface area contributed by atoms with E-state index in [9.17, 15) is 19.5 Å². The van der Waals surface area contributed by atoms with Crippen LogP contribution in [0.3, 0.4) is 0 Å². The van der Waals surface area contributed by atoms with Crippen LogP contribution in [0.5, 0.6) is 0 Å².